The zero-order chi connectivity index (χ0) is 20.7. The predicted molar refractivity (Wildman–Crippen MR) is 111 cm³/mol. The fourth-order valence-electron chi connectivity index (χ4n) is 2.81. The molecule has 1 heterocycles. The highest BCUT2D eigenvalue weighted by Gasteiger charge is 2.25. The molecule has 3 rings (SSSR count). The van der Waals surface area contributed by atoms with Crippen molar-refractivity contribution in [3.8, 4) is 0 Å². The van der Waals surface area contributed by atoms with Gasteiger partial charge in [-0.3, -0.25) is 4.79 Å². The Morgan fingerprint density at radius 2 is 1.72 bits per heavy atom. The van der Waals surface area contributed by atoms with E-state index in [1.165, 1.54) is 30.5 Å². The lowest BCUT2D eigenvalue weighted by molar-refractivity contribution is -0.121. The summed E-state index contributed by atoms with van der Waals surface area (Å²) in [6.07, 6.45) is 2.04. The van der Waals surface area contributed by atoms with Gasteiger partial charge in [-0.1, -0.05) is 41.9 Å². The lowest BCUT2D eigenvalue weighted by atomic mass is 10.1. The van der Waals surface area contributed by atoms with Crippen LogP contribution in [0.3, 0.4) is 0 Å². The van der Waals surface area contributed by atoms with Crippen molar-refractivity contribution in [2.45, 2.75) is 23.8 Å². The predicted octanol–water partition coefficient (Wildman–Crippen LogP) is 3.70. The summed E-state index contributed by atoms with van der Waals surface area (Å²) < 4.78 is 33.3. The lowest BCUT2D eigenvalue weighted by Crippen LogP contribution is -2.34. The van der Waals surface area contributed by atoms with Crippen molar-refractivity contribution in [3.63, 3.8) is 0 Å². The molecule has 0 aliphatic carbocycles. The number of rotatable bonds is 9. The van der Waals surface area contributed by atoms with Gasteiger partial charge in [0.1, 0.15) is 5.76 Å². The van der Waals surface area contributed by atoms with E-state index in [2.05, 4.69) is 10.0 Å². The molecule has 0 saturated carbocycles. The van der Waals surface area contributed by atoms with E-state index >= 15 is 0 Å². The second-order valence-corrected chi connectivity index (χ2v) is 8.58. The third-order valence-electron chi connectivity index (χ3n) is 4.28. The first-order valence-electron chi connectivity index (χ1n) is 9.06. The summed E-state index contributed by atoms with van der Waals surface area (Å²) in [4.78, 5) is 12.5. The largest absolute Gasteiger partial charge is 0.468 e. The number of furan rings is 1. The zero-order valence-electron chi connectivity index (χ0n) is 15.5. The first-order chi connectivity index (χ1) is 13.9. The van der Waals surface area contributed by atoms with Gasteiger partial charge in [0.15, 0.2) is 0 Å². The van der Waals surface area contributed by atoms with Crippen molar-refractivity contribution in [1.82, 2.24) is 10.0 Å². The smallest absolute Gasteiger partial charge is 0.241 e. The van der Waals surface area contributed by atoms with Gasteiger partial charge in [-0.25, -0.2) is 8.42 Å². The van der Waals surface area contributed by atoms with E-state index < -0.39 is 16.1 Å². The summed E-state index contributed by atoms with van der Waals surface area (Å²) >= 11 is 5.83. The number of hydrogen-bond donors (Lipinski definition) is 2. The highest BCUT2D eigenvalue weighted by molar-refractivity contribution is 7.89. The van der Waals surface area contributed by atoms with E-state index in [1.807, 2.05) is 30.3 Å². The summed E-state index contributed by atoms with van der Waals surface area (Å²) in [5, 5.41) is 3.26. The van der Waals surface area contributed by atoms with E-state index in [9.17, 15) is 13.2 Å². The summed E-state index contributed by atoms with van der Waals surface area (Å²) in [6.45, 7) is 0.456. The summed E-state index contributed by atoms with van der Waals surface area (Å²) in [7, 11) is -3.86. The molecule has 0 aliphatic heterocycles. The highest BCUT2D eigenvalue weighted by atomic mass is 35.5. The Bertz CT molecular complexity index is 1020. The number of sulfonamides is 1. The summed E-state index contributed by atoms with van der Waals surface area (Å²) in [5.74, 6) is 0.0851. The number of nitrogens with one attached hydrogen (secondary N) is 2. The van der Waals surface area contributed by atoms with Crippen molar-refractivity contribution in [1.29, 1.82) is 0 Å². The first-order valence-corrected chi connectivity index (χ1v) is 10.9. The van der Waals surface area contributed by atoms with Crippen LogP contribution in [0.2, 0.25) is 5.02 Å². The Morgan fingerprint density at radius 1 is 1.00 bits per heavy atom. The third-order valence-corrected chi connectivity index (χ3v) is 6.02. The minimum Gasteiger partial charge on any atom is -0.468 e. The van der Waals surface area contributed by atoms with Crippen LogP contribution < -0.4 is 10.0 Å². The molecule has 0 aliphatic rings. The Morgan fingerprint density at radius 3 is 2.38 bits per heavy atom. The van der Waals surface area contributed by atoms with E-state index in [0.717, 1.165) is 5.56 Å². The van der Waals surface area contributed by atoms with Crippen LogP contribution in [0.25, 0.3) is 0 Å². The maximum absolute atomic E-state index is 12.7. The van der Waals surface area contributed by atoms with E-state index in [4.69, 9.17) is 16.0 Å². The molecule has 6 nitrogen and oxygen atoms in total. The quantitative estimate of drug-likeness (QED) is 0.539. The molecule has 0 fully saturated rings. The number of halogens is 1. The van der Waals surface area contributed by atoms with Crippen molar-refractivity contribution in [3.05, 3.63) is 89.3 Å². The molecule has 0 unspecified atom stereocenters. The van der Waals surface area contributed by atoms with E-state index in [1.54, 1.807) is 12.1 Å². The highest BCUT2D eigenvalue weighted by Crippen LogP contribution is 2.22. The molecule has 1 atom stereocenters. The zero-order valence-corrected chi connectivity index (χ0v) is 17.1. The molecular formula is C21H21ClN2O4S. The molecule has 29 heavy (non-hydrogen) atoms. The average Bonchev–Trinajstić information content (AvgIpc) is 3.23. The number of carbonyl (C=O) groups excluding carboxylic acids is 1. The second-order valence-electron chi connectivity index (χ2n) is 6.43. The Labute approximate surface area is 174 Å². The van der Waals surface area contributed by atoms with Gasteiger partial charge in [-0.15, -0.1) is 0 Å². The molecular weight excluding hydrogens is 412 g/mol. The molecule has 152 valence electrons. The molecule has 0 saturated heterocycles. The molecule has 1 amide bonds. The van der Waals surface area contributed by atoms with Crippen molar-refractivity contribution >= 4 is 27.5 Å². The van der Waals surface area contributed by atoms with Gasteiger partial charge in [0.2, 0.25) is 15.9 Å². The first kappa shape index (κ1) is 21.1. The van der Waals surface area contributed by atoms with Crippen LogP contribution in [0, 0.1) is 0 Å². The minimum atomic E-state index is -3.86. The van der Waals surface area contributed by atoms with Crippen LogP contribution in [-0.2, 0) is 21.2 Å². The minimum absolute atomic E-state index is 0.0583. The van der Waals surface area contributed by atoms with Crippen LogP contribution in [0.1, 0.15) is 23.8 Å². The van der Waals surface area contributed by atoms with Crippen LogP contribution in [-0.4, -0.2) is 20.9 Å². The van der Waals surface area contributed by atoms with Crippen LogP contribution >= 0.6 is 11.6 Å². The molecule has 1 aromatic heterocycles. The van der Waals surface area contributed by atoms with Gasteiger partial charge < -0.3 is 9.73 Å². The van der Waals surface area contributed by atoms with Gasteiger partial charge in [0.05, 0.1) is 23.6 Å². The number of hydrogen-bond acceptors (Lipinski definition) is 4. The van der Waals surface area contributed by atoms with Crippen molar-refractivity contribution in [2.75, 3.05) is 6.54 Å². The van der Waals surface area contributed by atoms with Crippen molar-refractivity contribution < 1.29 is 17.6 Å². The van der Waals surface area contributed by atoms with E-state index in [-0.39, 0.29) is 17.2 Å². The van der Waals surface area contributed by atoms with Gasteiger partial charge >= 0.3 is 0 Å². The molecule has 0 spiro atoms. The molecule has 0 bridgehead atoms. The average molecular weight is 433 g/mol. The molecule has 0 radical (unpaired) electrons. The van der Waals surface area contributed by atoms with Crippen LogP contribution in [0.4, 0.5) is 0 Å². The summed E-state index contributed by atoms with van der Waals surface area (Å²) in [5.41, 5.74) is 1.11. The molecule has 3 aromatic rings. The van der Waals surface area contributed by atoms with Gasteiger partial charge in [-0.05, 0) is 48.4 Å². The lowest BCUT2D eigenvalue weighted by Gasteiger charge is -2.17. The number of benzene rings is 2. The maximum atomic E-state index is 12.7. The third kappa shape index (κ3) is 6.19. The number of carbonyl (C=O) groups is 1. The van der Waals surface area contributed by atoms with Gasteiger partial charge in [-0.2, -0.15) is 4.72 Å². The Kier molecular flexibility index (Phi) is 7.09. The normalized spacial score (nSPS) is 12.4. The fourth-order valence-corrected chi connectivity index (χ4v) is 4.14. The molecule has 2 aromatic carbocycles. The second kappa shape index (κ2) is 9.73. The monoisotopic (exact) mass is 432 g/mol. The SMILES string of the molecule is O=C(C[C@@H](NS(=O)(=O)c1ccc(Cl)cc1)c1ccco1)NCCc1ccccc1. The Balaban J connectivity index is 1.64. The topological polar surface area (TPSA) is 88.4 Å². The maximum Gasteiger partial charge on any atom is 0.241 e. The Hall–Kier alpha value is -2.61. The fraction of sp³-hybridized carbons (Fsp3) is 0.190. The molecule has 8 heteroatoms. The van der Waals surface area contributed by atoms with Crippen molar-refractivity contribution in [2.24, 2.45) is 0 Å². The van der Waals surface area contributed by atoms with Crippen LogP contribution in [0.15, 0.2) is 82.3 Å². The summed E-state index contributed by atoms with van der Waals surface area (Å²) in [6, 6.07) is 18.0. The van der Waals surface area contributed by atoms with Gasteiger partial charge in [0.25, 0.3) is 0 Å². The molecule has 2 N–H and O–H groups in total. The van der Waals surface area contributed by atoms with Crippen LogP contribution in [0.5, 0.6) is 0 Å². The van der Waals surface area contributed by atoms with Gasteiger partial charge in [0, 0.05) is 11.6 Å². The van der Waals surface area contributed by atoms with E-state index in [0.29, 0.717) is 23.7 Å². The number of amides is 1. The standard InChI is InChI=1S/C21H21ClN2O4S/c22-17-8-10-18(11-9-17)29(26,27)24-19(20-7-4-14-28-20)15-21(25)23-13-12-16-5-2-1-3-6-16/h1-11,14,19,24H,12-13,15H2,(H,23,25)/t19-/m1/s1.